The van der Waals surface area contributed by atoms with Crippen LogP contribution < -0.4 is 5.69 Å². The summed E-state index contributed by atoms with van der Waals surface area (Å²) in [6.45, 7) is 3.94. The van der Waals surface area contributed by atoms with Gasteiger partial charge in [0.2, 0.25) is 0 Å². The molecule has 2 aromatic carbocycles. The number of benzene rings is 2. The molecule has 0 unspecified atom stereocenters. The lowest BCUT2D eigenvalue weighted by Crippen LogP contribution is -2.31. The van der Waals surface area contributed by atoms with Crippen LogP contribution in [0.1, 0.15) is 85.7 Å². The van der Waals surface area contributed by atoms with Gasteiger partial charge in [-0.25, -0.2) is 9.59 Å². The molecule has 0 bridgehead atoms. The molecule has 198 valence electrons. The number of alkyl halides is 3. The maximum Gasteiger partial charge on any atom is 0.433 e. The lowest BCUT2D eigenvalue weighted by molar-refractivity contribution is -0.145. The Hall–Kier alpha value is -3.29. The highest BCUT2D eigenvalue weighted by Gasteiger charge is 2.42. The van der Waals surface area contributed by atoms with Crippen molar-refractivity contribution in [1.29, 1.82) is 0 Å². The summed E-state index contributed by atoms with van der Waals surface area (Å²) in [5.74, 6) is -0.846. The first-order valence-corrected chi connectivity index (χ1v) is 12.9. The summed E-state index contributed by atoms with van der Waals surface area (Å²) >= 11 is 0. The molecular weight excluding hydrogens is 481 g/mol. The van der Waals surface area contributed by atoms with E-state index in [-0.39, 0.29) is 30.1 Å². The van der Waals surface area contributed by atoms with Gasteiger partial charge in [0.25, 0.3) is 0 Å². The van der Waals surface area contributed by atoms with E-state index in [4.69, 9.17) is 0 Å². The molecule has 1 fully saturated rings. The van der Waals surface area contributed by atoms with Crippen LogP contribution in [-0.2, 0) is 19.1 Å². The molecule has 4 rings (SSSR count). The summed E-state index contributed by atoms with van der Waals surface area (Å²) < 4.78 is 45.7. The predicted octanol–water partition coefficient (Wildman–Crippen LogP) is 7.18. The van der Waals surface area contributed by atoms with Crippen molar-refractivity contribution in [2.75, 3.05) is 0 Å². The van der Waals surface area contributed by atoms with Gasteiger partial charge in [0.1, 0.15) is 5.69 Å². The van der Waals surface area contributed by atoms with Crippen LogP contribution in [0.4, 0.5) is 13.2 Å². The van der Waals surface area contributed by atoms with Gasteiger partial charge >= 0.3 is 17.8 Å². The number of carboxylic acids is 1. The van der Waals surface area contributed by atoms with E-state index in [0.29, 0.717) is 36.0 Å². The van der Waals surface area contributed by atoms with Gasteiger partial charge in [-0.1, -0.05) is 75.6 Å². The minimum Gasteiger partial charge on any atom is -0.478 e. The second kappa shape index (κ2) is 11.0. The smallest absolute Gasteiger partial charge is 0.433 e. The van der Waals surface area contributed by atoms with Gasteiger partial charge in [0.15, 0.2) is 0 Å². The Labute approximate surface area is 214 Å². The SMILES string of the molecule is CC(C)CCc1c(C(F)(F)F)n(C2CCCCC2)c(=O)n1Cc1ccc(-c2ccccc2C(=O)O)cc1. The van der Waals surface area contributed by atoms with Crippen molar-refractivity contribution >= 4 is 5.97 Å². The Bertz CT molecular complexity index is 1300. The van der Waals surface area contributed by atoms with Crippen molar-refractivity contribution < 1.29 is 23.1 Å². The molecule has 3 aromatic rings. The Morgan fingerprint density at radius 3 is 2.27 bits per heavy atom. The minimum absolute atomic E-state index is 0.0237. The highest BCUT2D eigenvalue weighted by Crippen LogP contribution is 2.38. The number of hydrogen-bond acceptors (Lipinski definition) is 2. The average molecular weight is 515 g/mol. The lowest BCUT2D eigenvalue weighted by Gasteiger charge is -2.25. The van der Waals surface area contributed by atoms with Crippen LogP contribution in [0.15, 0.2) is 53.3 Å². The monoisotopic (exact) mass is 514 g/mol. The number of halogens is 3. The van der Waals surface area contributed by atoms with Gasteiger partial charge in [0.05, 0.1) is 17.8 Å². The number of carbonyl (C=O) groups is 1. The number of aromatic carboxylic acids is 1. The Kier molecular flexibility index (Phi) is 7.95. The van der Waals surface area contributed by atoms with Crippen molar-refractivity contribution in [3.05, 3.63) is 81.5 Å². The molecule has 0 spiro atoms. The number of carboxylic acid groups (broad SMARTS) is 1. The van der Waals surface area contributed by atoms with Crippen molar-refractivity contribution in [3.63, 3.8) is 0 Å². The molecule has 1 heterocycles. The maximum atomic E-state index is 14.4. The molecule has 0 saturated heterocycles. The minimum atomic E-state index is -4.63. The summed E-state index contributed by atoms with van der Waals surface area (Å²) in [6, 6.07) is 13.2. The van der Waals surface area contributed by atoms with E-state index in [1.807, 2.05) is 13.8 Å². The zero-order valence-electron chi connectivity index (χ0n) is 21.2. The average Bonchev–Trinajstić information content (AvgIpc) is 3.15. The Balaban J connectivity index is 1.76. The van der Waals surface area contributed by atoms with E-state index >= 15 is 0 Å². The molecule has 1 aliphatic rings. The first-order chi connectivity index (χ1) is 17.6. The van der Waals surface area contributed by atoms with Crippen LogP contribution in [0.5, 0.6) is 0 Å². The van der Waals surface area contributed by atoms with Gasteiger partial charge in [-0.05, 0) is 54.4 Å². The molecule has 8 heteroatoms. The third-order valence-corrected chi connectivity index (χ3v) is 7.21. The number of imidazole rings is 1. The number of hydrogen-bond donors (Lipinski definition) is 1. The van der Waals surface area contributed by atoms with Crippen molar-refractivity contribution in [3.8, 4) is 11.1 Å². The third kappa shape index (κ3) is 5.84. The number of aromatic nitrogens is 2. The zero-order valence-corrected chi connectivity index (χ0v) is 21.2. The summed E-state index contributed by atoms with van der Waals surface area (Å²) in [5.41, 5.74) is 0.747. The van der Waals surface area contributed by atoms with Gasteiger partial charge < -0.3 is 5.11 Å². The predicted molar refractivity (Wildman–Crippen MR) is 137 cm³/mol. The van der Waals surface area contributed by atoms with E-state index in [9.17, 15) is 27.9 Å². The topological polar surface area (TPSA) is 64.2 Å². The Morgan fingerprint density at radius 2 is 1.68 bits per heavy atom. The van der Waals surface area contributed by atoms with Crippen LogP contribution in [0, 0.1) is 5.92 Å². The molecular formula is C29H33F3N2O3. The van der Waals surface area contributed by atoms with Gasteiger partial charge in [-0.2, -0.15) is 13.2 Å². The fourth-order valence-corrected chi connectivity index (χ4v) is 5.32. The van der Waals surface area contributed by atoms with E-state index in [2.05, 4.69) is 0 Å². The van der Waals surface area contributed by atoms with Crippen LogP contribution >= 0.6 is 0 Å². The van der Waals surface area contributed by atoms with E-state index < -0.39 is 29.6 Å². The number of rotatable bonds is 8. The van der Waals surface area contributed by atoms with Crippen LogP contribution in [0.2, 0.25) is 0 Å². The molecule has 5 nitrogen and oxygen atoms in total. The molecule has 1 aromatic heterocycles. The van der Waals surface area contributed by atoms with E-state index in [1.54, 1.807) is 42.5 Å². The van der Waals surface area contributed by atoms with Crippen LogP contribution in [0.25, 0.3) is 11.1 Å². The molecule has 0 atom stereocenters. The standard InChI is InChI=1S/C29H33F3N2O3/c1-19(2)12-17-25-26(29(30,31)32)34(22-8-4-3-5-9-22)28(37)33(25)18-20-13-15-21(16-14-20)23-10-6-7-11-24(23)27(35)36/h6-7,10-11,13-16,19,22H,3-5,8-9,12,17-18H2,1-2H3,(H,35,36). The number of nitrogens with zero attached hydrogens (tertiary/aromatic N) is 2. The fraction of sp³-hybridized carbons (Fsp3) is 0.448. The molecule has 1 aliphatic carbocycles. The molecule has 1 N–H and O–H groups in total. The third-order valence-electron chi connectivity index (χ3n) is 7.21. The van der Waals surface area contributed by atoms with Crippen LogP contribution in [-0.4, -0.2) is 20.2 Å². The van der Waals surface area contributed by atoms with Gasteiger partial charge in [0, 0.05) is 6.04 Å². The lowest BCUT2D eigenvalue weighted by atomic mass is 9.95. The molecule has 0 amide bonds. The summed E-state index contributed by atoms with van der Waals surface area (Å²) in [7, 11) is 0. The first-order valence-electron chi connectivity index (χ1n) is 12.9. The Morgan fingerprint density at radius 1 is 1.03 bits per heavy atom. The van der Waals surface area contributed by atoms with Crippen LogP contribution in [0.3, 0.4) is 0 Å². The molecule has 37 heavy (non-hydrogen) atoms. The highest BCUT2D eigenvalue weighted by molar-refractivity contribution is 5.95. The molecule has 0 radical (unpaired) electrons. The largest absolute Gasteiger partial charge is 0.478 e. The van der Waals surface area contributed by atoms with Crippen molar-refractivity contribution in [2.45, 2.75) is 77.6 Å². The van der Waals surface area contributed by atoms with Gasteiger partial charge in [-0.3, -0.25) is 9.13 Å². The second-order valence-corrected chi connectivity index (χ2v) is 10.3. The van der Waals surface area contributed by atoms with Crippen molar-refractivity contribution in [1.82, 2.24) is 9.13 Å². The summed E-state index contributed by atoms with van der Waals surface area (Å²) in [5, 5.41) is 9.50. The van der Waals surface area contributed by atoms with Gasteiger partial charge in [-0.15, -0.1) is 0 Å². The maximum absolute atomic E-state index is 14.4. The summed E-state index contributed by atoms with van der Waals surface area (Å²) in [4.78, 5) is 25.2. The second-order valence-electron chi connectivity index (χ2n) is 10.3. The quantitative estimate of drug-likeness (QED) is 0.346. The zero-order chi connectivity index (χ0) is 26.7. The first kappa shape index (κ1) is 26.8. The normalized spacial score (nSPS) is 14.9. The fourth-order valence-electron chi connectivity index (χ4n) is 5.32. The molecule has 1 saturated carbocycles. The highest BCUT2D eigenvalue weighted by atomic mass is 19.4. The van der Waals surface area contributed by atoms with E-state index in [0.717, 1.165) is 23.8 Å². The van der Waals surface area contributed by atoms with Crippen molar-refractivity contribution in [2.24, 2.45) is 5.92 Å². The van der Waals surface area contributed by atoms with E-state index in [1.165, 1.54) is 10.6 Å². The summed E-state index contributed by atoms with van der Waals surface area (Å²) in [6.07, 6.45) is -0.139. The molecule has 0 aliphatic heterocycles.